The molecule has 2 aromatic carbocycles. The highest BCUT2D eigenvalue weighted by Crippen LogP contribution is 2.44. The Kier molecular flexibility index (Phi) is 6.15. The zero-order valence-corrected chi connectivity index (χ0v) is 16.4. The summed E-state index contributed by atoms with van der Waals surface area (Å²) in [7, 11) is 0. The lowest BCUT2D eigenvalue weighted by Crippen LogP contribution is -2.05. The van der Waals surface area contributed by atoms with Crippen LogP contribution in [0.5, 0.6) is 11.5 Å². The van der Waals surface area contributed by atoms with Crippen molar-refractivity contribution in [1.82, 2.24) is 10.2 Å². The molecule has 0 atom stereocenters. The van der Waals surface area contributed by atoms with Gasteiger partial charge in [-0.15, -0.1) is 0 Å². The van der Waals surface area contributed by atoms with Crippen LogP contribution in [0.25, 0.3) is 11.3 Å². The van der Waals surface area contributed by atoms with Gasteiger partial charge in [0.05, 0.1) is 18.9 Å². The summed E-state index contributed by atoms with van der Waals surface area (Å²) in [5, 5.41) is 28.6. The molecule has 0 saturated carbocycles. The van der Waals surface area contributed by atoms with E-state index in [9.17, 15) is 4.39 Å². The van der Waals surface area contributed by atoms with Crippen molar-refractivity contribution < 1.29 is 24.1 Å². The van der Waals surface area contributed by atoms with E-state index in [1.54, 1.807) is 12.1 Å². The summed E-state index contributed by atoms with van der Waals surface area (Å²) in [4.78, 5) is 0. The Morgan fingerprint density at radius 2 is 1.77 bits per heavy atom. The van der Waals surface area contributed by atoms with Gasteiger partial charge in [0, 0.05) is 49.3 Å². The van der Waals surface area contributed by atoms with Crippen molar-refractivity contribution in [3.05, 3.63) is 53.3 Å². The van der Waals surface area contributed by atoms with E-state index in [1.807, 2.05) is 12.1 Å². The highest BCUT2D eigenvalue weighted by Gasteiger charge is 2.27. The first-order chi connectivity index (χ1) is 14.7. The average molecular weight is 413 g/mol. The smallest absolute Gasteiger partial charge is 0.161 e. The standard InChI is InChI=1S/C22H24FN3O4/c23-15-4-1-5-16(12-15)24-22-18-10-14-11-19(29-8-2-6-27)20(30-9-3-7-28)13-17(14)21(18)25-26-22/h1,4-5,11-13,27-28H,2-3,6-10H2,(H2,24,25,26). The van der Waals surface area contributed by atoms with Crippen molar-refractivity contribution >= 4 is 11.5 Å². The number of aliphatic hydroxyl groups is 2. The van der Waals surface area contributed by atoms with Gasteiger partial charge in [0.15, 0.2) is 17.3 Å². The quantitative estimate of drug-likeness (QED) is 0.298. The van der Waals surface area contributed by atoms with Crippen molar-refractivity contribution in [2.24, 2.45) is 0 Å². The number of hydrogen-bond acceptors (Lipinski definition) is 6. The molecule has 1 aliphatic carbocycles. The SMILES string of the molecule is OCCCOc1cc2c(cc1OCCCO)-c1[nH]nc(Nc3cccc(F)c3)c1C2. The maximum Gasteiger partial charge on any atom is 0.161 e. The fourth-order valence-electron chi connectivity index (χ4n) is 3.46. The molecule has 0 amide bonds. The molecule has 158 valence electrons. The fourth-order valence-corrected chi connectivity index (χ4v) is 3.46. The molecule has 7 nitrogen and oxygen atoms in total. The lowest BCUT2D eigenvalue weighted by molar-refractivity contribution is 0.211. The van der Waals surface area contributed by atoms with Gasteiger partial charge < -0.3 is 25.0 Å². The van der Waals surface area contributed by atoms with Crippen molar-refractivity contribution in [2.45, 2.75) is 19.3 Å². The monoisotopic (exact) mass is 413 g/mol. The molecular weight excluding hydrogens is 389 g/mol. The Bertz CT molecular complexity index is 1020. The lowest BCUT2D eigenvalue weighted by Gasteiger charge is -2.14. The van der Waals surface area contributed by atoms with E-state index in [4.69, 9.17) is 19.7 Å². The van der Waals surface area contributed by atoms with Crippen LogP contribution in [0.1, 0.15) is 24.0 Å². The largest absolute Gasteiger partial charge is 0.490 e. The van der Waals surface area contributed by atoms with Crippen LogP contribution in [-0.4, -0.2) is 46.8 Å². The van der Waals surface area contributed by atoms with Gasteiger partial charge in [0.25, 0.3) is 0 Å². The molecule has 0 fully saturated rings. The minimum absolute atomic E-state index is 0.0471. The topological polar surface area (TPSA) is 99.6 Å². The Morgan fingerprint density at radius 1 is 1.03 bits per heavy atom. The molecular formula is C22H24FN3O4. The highest BCUT2D eigenvalue weighted by molar-refractivity contribution is 5.81. The number of hydrogen-bond donors (Lipinski definition) is 4. The van der Waals surface area contributed by atoms with E-state index >= 15 is 0 Å². The lowest BCUT2D eigenvalue weighted by atomic mass is 10.1. The number of nitrogens with one attached hydrogen (secondary N) is 2. The summed E-state index contributed by atoms with van der Waals surface area (Å²) in [5.41, 5.74) is 4.54. The maximum atomic E-state index is 13.5. The molecule has 3 aromatic rings. The Balaban J connectivity index is 1.60. The molecule has 0 unspecified atom stereocenters. The number of fused-ring (bicyclic) bond motifs is 3. The number of aromatic amines is 1. The average Bonchev–Trinajstić information content (AvgIpc) is 3.28. The molecule has 1 aliphatic rings. The first-order valence-corrected chi connectivity index (χ1v) is 9.94. The number of halogens is 1. The van der Waals surface area contributed by atoms with Crippen LogP contribution in [-0.2, 0) is 6.42 Å². The van der Waals surface area contributed by atoms with Crippen LogP contribution in [0.4, 0.5) is 15.9 Å². The van der Waals surface area contributed by atoms with Crippen LogP contribution < -0.4 is 14.8 Å². The Labute approximate surface area is 173 Å². The van der Waals surface area contributed by atoms with E-state index in [-0.39, 0.29) is 19.0 Å². The van der Waals surface area contributed by atoms with Crippen molar-refractivity contribution in [3.8, 4) is 22.8 Å². The molecule has 0 aliphatic heterocycles. The molecule has 1 heterocycles. The Hall–Kier alpha value is -3.10. The number of benzene rings is 2. The molecule has 0 radical (unpaired) electrons. The van der Waals surface area contributed by atoms with Crippen LogP contribution in [0.2, 0.25) is 0 Å². The van der Waals surface area contributed by atoms with Crippen LogP contribution in [0, 0.1) is 5.82 Å². The second kappa shape index (κ2) is 9.15. The highest BCUT2D eigenvalue weighted by atomic mass is 19.1. The minimum atomic E-state index is -0.315. The Morgan fingerprint density at radius 3 is 2.47 bits per heavy atom. The first kappa shape index (κ1) is 20.2. The van der Waals surface area contributed by atoms with Gasteiger partial charge in [-0.1, -0.05) is 6.07 Å². The normalized spacial score (nSPS) is 11.8. The molecule has 8 heteroatoms. The molecule has 0 bridgehead atoms. The number of nitrogens with zero attached hydrogens (tertiary/aromatic N) is 1. The number of aromatic nitrogens is 2. The molecule has 4 N–H and O–H groups in total. The van der Waals surface area contributed by atoms with Gasteiger partial charge in [0.2, 0.25) is 0 Å². The van der Waals surface area contributed by atoms with Gasteiger partial charge in [-0.25, -0.2) is 4.39 Å². The fraction of sp³-hybridized carbons (Fsp3) is 0.318. The van der Waals surface area contributed by atoms with Gasteiger partial charge in [0.1, 0.15) is 5.82 Å². The predicted octanol–water partition coefficient (Wildman–Crippen LogP) is 3.39. The van der Waals surface area contributed by atoms with E-state index in [0.717, 1.165) is 22.4 Å². The third-order valence-electron chi connectivity index (χ3n) is 4.88. The summed E-state index contributed by atoms with van der Waals surface area (Å²) in [6.07, 6.45) is 1.69. The van der Waals surface area contributed by atoms with E-state index in [0.29, 0.717) is 55.5 Å². The zero-order chi connectivity index (χ0) is 20.9. The van der Waals surface area contributed by atoms with Crippen LogP contribution >= 0.6 is 0 Å². The second-order valence-corrected chi connectivity index (χ2v) is 7.05. The summed E-state index contributed by atoms with van der Waals surface area (Å²) < 4.78 is 25.1. The van der Waals surface area contributed by atoms with Gasteiger partial charge in [-0.2, -0.15) is 5.10 Å². The number of rotatable bonds is 10. The summed E-state index contributed by atoms with van der Waals surface area (Å²) in [6.45, 7) is 0.848. The molecule has 30 heavy (non-hydrogen) atoms. The first-order valence-electron chi connectivity index (χ1n) is 9.94. The predicted molar refractivity (Wildman–Crippen MR) is 111 cm³/mol. The summed E-state index contributed by atoms with van der Waals surface area (Å²) in [5.74, 6) is 1.53. The molecule has 0 spiro atoms. The van der Waals surface area contributed by atoms with Gasteiger partial charge in [-0.05, 0) is 35.9 Å². The van der Waals surface area contributed by atoms with Crippen LogP contribution in [0.3, 0.4) is 0 Å². The zero-order valence-electron chi connectivity index (χ0n) is 16.4. The van der Waals surface area contributed by atoms with Crippen molar-refractivity contribution in [2.75, 3.05) is 31.7 Å². The van der Waals surface area contributed by atoms with Gasteiger partial charge >= 0.3 is 0 Å². The third-order valence-corrected chi connectivity index (χ3v) is 4.88. The van der Waals surface area contributed by atoms with Gasteiger partial charge in [-0.3, -0.25) is 5.10 Å². The third kappa shape index (κ3) is 4.24. The van der Waals surface area contributed by atoms with E-state index < -0.39 is 0 Å². The molecule has 1 aromatic heterocycles. The second-order valence-electron chi connectivity index (χ2n) is 7.05. The summed E-state index contributed by atoms with van der Waals surface area (Å²) >= 11 is 0. The van der Waals surface area contributed by atoms with Crippen molar-refractivity contribution in [3.63, 3.8) is 0 Å². The number of H-pyrrole nitrogens is 1. The van der Waals surface area contributed by atoms with E-state index in [1.165, 1.54) is 12.1 Å². The van der Waals surface area contributed by atoms with Crippen molar-refractivity contribution in [1.29, 1.82) is 0 Å². The molecule has 4 rings (SSSR count). The summed E-state index contributed by atoms with van der Waals surface area (Å²) in [6, 6.07) is 10.1. The van der Waals surface area contributed by atoms with Crippen LogP contribution in [0.15, 0.2) is 36.4 Å². The maximum absolute atomic E-state index is 13.5. The molecule has 0 saturated heterocycles. The van der Waals surface area contributed by atoms with E-state index in [2.05, 4.69) is 15.5 Å². The number of anilines is 2. The number of aliphatic hydroxyl groups excluding tert-OH is 2. The number of ether oxygens (including phenoxy) is 2. The minimum Gasteiger partial charge on any atom is -0.490 e.